The Morgan fingerprint density at radius 1 is 1.29 bits per heavy atom. The van der Waals surface area contributed by atoms with E-state index in [1.807, 2.05) is 19.2 Å². The molecule has 0 bridgehead atoms. The molecule has 1 fully saturated rings. The number of amides is 1. The molecule has 4 rings (SSSR count). The molecule has 1 aromatic carbocycles. The molecule has 1 amide bonds. The predicted molar refractivity (Wildman–Crippen MR) is 123 cm³/mol. The van der Waals surface area contributed by atoms with E-state index in [0.717, 1.165) is 36.8 Å². The van der Waals surface area contributed by atoms with Crippen molar-refractivity contribution in [3.05, 3.63) is 56.9 Å². The van der Waals surface area contributed by atoms with Gasteiger partial charge in [0.1, 0.15) is 5.15 Å². The first kappa shape index (κ1) is 22.0. The van der Waals surface area contributed by atoms with E-state index in [-0.39, 0.29) is 23.2 Å². The van der Waals surface area contributed by atoms with Gasteiger partial charge < -0.3 is 4.90 Å². The van der Waals surface area contributed by atoms with E-state index in [1.165, 1.54) is 0 Å². The van der Waals surface area contributed by atoms with Crippen LogP contribution in [-0.2, 0) is 10.0 Å². The number of hydrogen-bond donors (Lipinski definition) is 1. The zero-order chi connectivity index (χ0) is 22.3. The topological polar surface area (TPSA) is 96.7 Å². The fourth-order valence-corrected chi connectivity index (χ4v) is 4.86. The van der Waals surface area contributed by atoms with Crippen molar-refractivity contribution in [2.24, 2.45) is 0 Å². The molecule has 0 radical (unpaired) electrons. The molecular weight excluding hydrogens is 506 g/mol. The maximum atomic E-state index is 13.6. The molecule has 0 saturated carbocycles. The maximum absolute atomic E-state index is 13.6. The number of likely N-dealkylation sites (tertiary alicyclic amines) is 1. The Labute approximate surface area is 193 Å². The monoisotopic (exact) mass is 525 g/mol. The van der Waals surface area contributed by atoms with Gasteiger partial charge in [0.2, 0.25) is 10.0 Å². The van der Waals surface area contributed by atoms with Crippen molar-refractivity contribution in [1.82, 2.24) is 19.5 Å². The van der Waals surface area contributed by atoms with Gasteiger partial charge in [-0.15, -0.1) is 0 Å². The molecule has 1 aliphatic heterocycles. The second-order valence-corrected chi connectivity index (χ2v) is 10.7. The smallest absolute Gasteiger partial charge is 0.256 e. The van der Waals surface area contributed by atoms with Gasteiger partial charge in [-0.25, -0.2) is 17.9 Å². The summed E-state index contributed by atoms with van der Waals surface area (Å²) in [5, 5.41) is 5.06. The lowest BCUT2D eigenvalue weighted by molar-refractivity contribution is 0.0606. The quantitative estimate of drug-likeness (QED) is 0.514. The highest BCUT2D eigenvalue weighted by Crippen LogP contribution is 2.34. The Balaban J connectivity index is 1.73. The summed E-state index contributed by atoms with van der Waals surface area (Å²) < 4.78 is 28.4. The number of hydrogen-bond acceptors (Lipinski definition) is 5. The van der Waals surface area contributed by atoms with Crippen molar-refractivity contribution >= 4 is 54.8 Å². The second-order valence-electron chi connectivity index (χ2n) is 7.66. The number of sulfonamides is 1. The van der Waals surface area contributed by atoms with E-state index in [4.69, 9.17) is 11.6 Å². The number of fused-ring (bicyclic) bond motifs is 1. The minimum absolute atomic E-state index is 0.243. The van der Waals surface area contributed by atoms with E-state index < -0.39 is 10.0 Å². The molecule has 2 aromatic heterocycles. The summed E-state index contributed by atoms with van der Waals surface area (Å²) in [4.78, 5) is 19.7. The van der Waals surface area contributed by atoms with Gasteiger partial charge in [0, 0.05) is 28.8 Å². The fourth-order valence-electron chi connectivity index (χ4n) is 3.79. The third-order valence-electron chi connectivity index (χ3n) is 5.20. The Hall–Kier alpha value is -2.17. The van der Waals surface area contributed by atoms with E-state index in [1.54, 1.807) is 27.6 Å². The molecule has 1 unspecified atom stereocenters. The molecule has 0 aliphatic carbocycles. The molecule has 1 N–H and O–H groups in total. The molecular formula is C20H21BrClN5O3S. The number of carbonyl (C=O) groups is 1. The number of nitrogens with zero attached hydrogens (tertiary/aromatic N) is 4. The number of nitrogens with one attached hydrogen (secondary N) is 1. The third kappa shape index (κ3) is 4.70. The summed E-state index contributed by atoms with van der Waals surface area (Å²) in [5.74, 6) is -0.253. The second kappa shape index (κ2) is 8.40. The Kier molecular flexibility index (Phi) is 5.97. The van der Waals surface area contributed by atoms with Crippen LogP contribution >= 0.6 is 27.5 Å². The number of benzene rings is 1. The standard InChI is InChI=1S/C20H21BrClN5O3S/c1-12-11-27-18(23-19(12)22)10-16(24-27)17-5-3-4-8-26(17)20(28)14-9-13(21)6-7-15(14)25-31(2,29)30/h6-7,9-11,17,25H,3-5,8H2,1-2H3. The number of rotatable bonds is 4. The first-order valence-corrected chi connectivity index (χ1v) is 12.8. The van der Waals surface area contributed by atoms with E-state index >= 15 is 0 Å². The summed E-state index contributed by atoms with van der Waals surface area (Å²) in [6.07, 6.45) is 5.45. The van der Waals surface area contributed by atoms with E-state index in [9.17, 15) is 13.2 Å². The molecule has 3 heterocycles. The summed E-state index contributed by atoms with van der Waals surface area (Å²) in [6, 6.07) is 6.51. The minimum atomic E-state index is -3.54. The minimum Gasteiger partial charge on any atom is -0.330 e. The van der Waals surface area contributed by atoms with Gasteiger partial charge in [0.15, 0.2) is 5.65 Å². The lowest BCUT2D eigenvalue weighted by Gasteiger charge is -2.35. The van der Waals surface area contributed by atoms with Crippen molar-refractivity contribution in [3.63, 3.8) is 0 Å². The van der Waals surface area contributed by atoms with Crippen LogP contribution in [0.2, 0.25) is 5.15 Å². The normalized spacial score (nSPS) is 17.2. The molecule has 31 heavy (non-hydrogen) atoms. The summed E-state index contributed by atoms with van der Waals surface area (Å²) in [7, 11) is -3.54. The zero-order valence-corrected chi connectivity index (χ0v) is 20.1. The predicted octanol–water partition coefficient (Wildman–Crippen LogP) is 4.19. The maximum Gasteiger partial charge on any atom is 0.256 e. The van der Waals surface area contributed by atoms with Crippen molar-refractivity contribution in [2.45, 2.75) is 32.2 Å². The largest absolute Gasteiger partial charge is 0.330 e. The SMILES string of the molecule is Cc1cn2nc(C3CCCCN3C(=O)c3cc(Br)ccc3NS(C)(=O)=O)cc2nc1Cl. The van der Waals surface area contributed by atoms with E-state index in [2.05, 4.69) is 30.7 Å². The van der Waals surface area contributed by atoms with Gasteiger partial charge in [-0.2, -0.15) is 5.10 Å². The molecule has 3 aromatic rings. The number of carbonyl (C=O) groups excluding carboxylic acids is 1. The van der Waals surface area contributed by atoms with Crippen LogP contribution in [0.25, 0.3) is 5.65 Å². The molecule has 1 atom stereocenters. The van der Waals surface area contributed by atoms with Crippen LogP contribution in [0.3, 0.4) is 0 Å². The van der Waals surface area contributed by atoms with Crippen LogP contribution in [0.1, 0.15) is 46.9 Å². The van der Waals surface area contributed by atoms with Crippen LogP contribution in [0.4, 0.5) is 5.69 Å². The van der Waals surface area contributed by atoms with Gasteiger partial charge in [-0.3, -0.25) is 9.52 Å². The number of piperidine rings is 1. The molecule has 8 nitrogen and oxygen atoms in total. The van der Waals surface area contributed by atoms with Gasteiger partial charge in [0.25, 0.3) is 5.91 Å². The lowest BCUT2D eigenvalue weighted by Crippen LogP contribution is -2.39. The van der Waals surface area contributed by atoms with Gasteiger partial charge in [-0.1, -0.05) is 27.5 Å². The van der Waals surface area contributed by atoms with E-state index in [0.29, 0.717) is 21.8 Å². The third-order valence-corrected chi connectivity index (χ3v) is 6.67. The van der Waals surface area contributed by atoms with Crippen LogP contribution in [0.5, 0.6) is 0 Å². The lowest BCUT2D eigenvalue weighted by atomic mass is 9.98. The average molecular weight is 527 g/mol. The van der Waals surface area contributed by atoms with Crippen LogP contribution in [0.15, 0.2) is 34.9 Å². The Bertz CT molecular complexity index is 1240. The summed E-state index contributed by atoms with van der Waals surface area (Å²) in [6.45, 7) is 2.41. The number of halogens is 2. The first-order chi connectivity index (χ1) is 14.6. The highest BCUT2D eigenvalue weighted by Gasteiger charge is 2.32. The van der Waals surface area contributed by atoms with Crippen molar-refractivity contribution in [3.8, 4) is 0 Å². The Morgan fingerprint density at radius 3 is 2.81 bits per heavy atom. The van der Waals surface area contributed by atoms with Crippen LogP contribution < -0.4 is 4.72 Å². The number of anilines is 1. The zero-order valence-electron chi connectivity index (χ0n) is 17.0. The van der Waals surface area contributed by atoms with Gasteiger partial charge >= 0.3 is 0 Å². The summed E-state index contributed by atoms with van der Waals surface area (Å²) in [5.41, 5.74) is 2.69. The van der Waals surface area contributed by atoms with Crippen molar-refractivity contribution < 1.29 is 13.2 Å². The van der Waals surface area contributed by atoms with Crippen LogP contribution in [0, 0.1) is 6.92 Å². The Morgan fingerprint density at radius 2 is 2.06 bits per heavy atom. The average Bonchev–Trinajstić information content (AvgIpc) is 3.10. The highest BCUT2D eigenvalue weighted by atomic mass is 79.9. The van der Waals surface area contributed by atoms with Gasteiger partial charge in [0.05, 0.1) is 29.2 Å². The molecule has 1 saturated heterocycles. The molecule has 0 spiro atoms. The summed E-state index contributed by atoms with van der Waals surface area (Å²) >= 11 is 9.53. The van der Waals surface area contributed by atoms with Crippen molar-refractivity contribution in [2.75, 3.05) is 17.5 Å². The number of aromatic nitrogens is 3. The van der Waals surface area contributed by atoms with Crippen LogP contribution in [-0.4, -0.2) is 46.6 Å². The fraction of sp³-hybridized carbons (Fsp3) is 0.350. The number of aryl methyl sites for hydroxylation is 1. The molecule has 1 aliphatic rings. The van der Waals surface area contributed by atoms with Crippen molar-refractivity contribution in [1.29, 1.82) is 0 Å². The molecule has 11 heteroatoms. The molecule has 164 valence electrons. The first-order valence-electron chi connectivity index (χ1n) is 9.73. The highest BCUT2D eigenvalue weighted by molar-refractivity contribution is 9.10. The van der Waals surface area contributed by atoms with Gasteiger partial charge in [-0.05, 0) is 44.4 Å².